The van der Waals surface area contributed by atoms with E-state index in [0.717, 1.165) is 18.0 Å². The molecule has 1 aliphatic rings. The Hall–Kier alpha value is -1.15. The van der Waals surface area contributed by atoms with Crippen molar-refractivity contribution >= 4 is 6.08 Å². The van der Waals surface area contributed by atoms with Crippen molar-refractivity contribution in [2.45, 2.75) is 25.8 Å². The number of piperidine rings is 1. The molecule has 1 fully saturated rings. The summed E-state index contributed by atoms with van der Waals surface area (Å²) in [5.41, 5.74) is 0.931. The summed E-state index contributed by atoms with van der Waals surface area (Å²) < 4.78 is 12.9. The highest BCUT2D eigenvalue weighted by Gasteiger charge is 2.15. The van der Waals surface area contributed by atoms with Crippen molar-refractivity contribution in [1.29, 1.82) is 0 Å². The lowest BCUT2D eigenvalue weighted by Gasteiger charge is -2.25. The van der Waals surface area contributed by atoms with Gasteiger partial charge < -0.3 is 5.32 Å². The van der Waals surface area contributed by atoms with Gasteiger partial charge in [-0.25, -0.2) is 4.39 Å². The van der Waals surface area contributed by atoms with E-state index in [4.69, 9.17) is 0 Å². The van der Waals surface area contributed by atoms with Crippen LogP contribution in [-0.2, 0) is 0 Å². The van der Waals surface area contributed by atoms with Gasteiger partial charge in [-0.1, -0.05) is 31.2 Å². The molecule has 1 N–H and O–H groups in total. The number of rotatable bonds is 2. The van der Waals surface area contributed by atoms with Crippen LogP contribution in [0.2, 0.25) is 0 Å². The molecule has 0 radical (unpaired) electrons. The Balaban J connectivity index is 1.98. The zero-order valence-electron chi connectivity index (χ0n) is 9.62. The Morgan fingerprint density at radius 3 is 3.06 bits per heavy atom. The maximum absolute atomic E-state index is 12.9. The van der Waals surface area contributed by atoms with E-state index >= 15 is 0 Å². The summed E-state index contributed by atoms with van der Waals surface area (Å²) in [6, 6.07) is 7.13. The van der Waals surface area contributed by atoms with Gasteiger partial charge in [-0.2, -0.15) is 0 Å². The van der Waals surface area contributed by atoms with Crippen molar-refractivity contribution in [1.82, 2.24) is 5.32 Å². The Bertz CT molecular complexity index is 373. The topological polar surface area (TPSA) is 12.0 Å². The van der Waals surface area contributed by atoms with Crippen LogP contribution < -0.4 is 5.32 Å². The van der Waals surface area contributed by atoms with Crippen molar-refractivity contribution in [3.63, 3.8) is 0 Å². The third-order valence-electron chi connectivity index (χ3n) is 3.07. The Morgan fingerprint density at radius 1 is 1.44 bits per heavy atom. The molecule has 2 unspecified atom stereocenters. The minimum absolute atomic E-state index is 0.174. The number of nitrogens with one attached hydrogen (secondary N) is 1. The number of hydrogen-bond donors (Lipinski definition) is 1. The largest absolute Gasteiger partial charge is 0.310 e. The molecule has 0 bridgehead atoms. The SMILES string of the molecule is CC1CCNC(/C=C/c2cccc(F)c2)C1. The van der Waals surface area contributed by atoms with Gasteiger partial charge in [-0.05, 0) is 43.0 Å². The zero-order valence-corrected chi connectivity index (χ0v) is 9.62. The summed E-state index contributed by atoms with van der Waals surface area (Å²) in [6.45, 7) is 3.36. The quantitative estimate of drug-likeness (QED) is 0.805. The average molecular weight is 219 g/mol. The standard InChI is InChI=1S/C14H18FN/c1-11-7-8-16-14(9-11)6-5-12-3-2-4-13(15)10-12/h2-6,10-11,14,16H,7-9H2,1H3/b6-5+. The van der Waals surface area contributed by atoms with Gasteiger partial charge >= 0.3 is 0 Å². The summed E-state index contributed by atoms with van der Waals surface area (Å²) in [6.07, 6.45) is 6.57. The zero-order chi connectivity index (χ0) is 11.4. The molecule has 1 aromatic carbocycles. The highest BCUT2D eigenvalue weighted by molar-refractivity contribution is 5.49. The summed E-state index contributed by atoms with van der Waals surface area (Å²) in [5, 5.41) is 3.45. The van der Waals surface area contributed by atoms with E-state index in [-0.39, 0.29) is 5.82 Å². The molecule has 16 heavy (non-hydrogen) atoms. The maximum atomic E-state index is 12.9. The molecule has 0 aliphatic carbocycles. The molecule has 1 aliphatic heterocycles. The van der Waals surface area contributed by atoms with Gasteiger partial charge in [0, 0.05) is 6.04 Å². The van der Waals surface area contributed by atoms with Gasteiger partial charge in [-0.15, -0.1) is 0 Å². The second kappa shape index (κ2) is 5.26. The molecule has 1 saturated heterocycles. The fourth-order valence-electron chi connectivity index (χ4n) is 2.13. The number of benzene rings is 1. The van der Waals surface area contributed by atoms with E-state index < -0.39 is 0 Å². The lowest BCUT2D eigenvalue weighted by molar-refractivity contribution is 0.357. The highest BCUT2D eigenvalue weighted by atomic mass is 19.1. The molecule has 0 aromatic heterocycles. The summed E-state index contributed by atoms with van der Waals surface area (Å²) >= 11 is 0. The third-order valence-corrected chi connectivity index (χ3v) is 3.07. The molecule has 86 valence electrons. The predicted molar refractivity (Wildman–Crippen MR) is 65.6 cm³/mol. The second-order valence-corrected chi connectivity index (χ2v) is 4.60. The van der Waals surface area contributed by atoms with Gasteiger partial charge in [-0.3, -0.25) is 0 Å². The first kappa shape index (κ1) is 11.3. The van der Waals surface area contributed by atoms with Crippen molar-refractivity contribution in [3.05, 3.63) is 41.7 Å². The van der Waals surface area contributed by atoms with Crippen molar-refractivity contribution in [2.24, 2.45) is 5.92 Å². The van der Waals surface area contributed by atoms with Crippen LogP contribution in [0.3, 0.4) is 0 Å². The second-order valence-electron chi connectivity index (χ2n) is 4.60. The van der Waals surface area contributed by atoms with Gasteiger partial charge in [0.05, 0.1) is 0 Å². The van der Waals surface area contributed by atoms with Crippen LogP contribution in [0.1, 0.15) is 25.3 Å². The van der Waals surface area contributed by atoms with Gasteiger partial charge in [0.1, 0.15) is 5.82 Å². The molecule has 1 nitrogen and oxygen atoms in total. The fraction of sp³-hybridized carbons (Fsp3) is 0.429. The summed E-state index contributed by atoms with van der Waals surface area (Å²) in [5.74, 6) is 0.607. The van der Waals surface area contributed by atoms with E-state index in [0.29, 0.717) is 6.04 Å². The first-order valence-corrected chi connectivity index (χ1v) is 5.91. The molecule has 0 amide bonds. The molecule has 2 atom stereocenters. The first-order valence-electron chi connectivity index (χ1n) is 5.91. The van der Waals surface area contributed by atoms with Crippen LogP contribution >= 0.6 is 0 Å². The summed E-state index contributed by atoms with van der Waals surface area (Å²) in [7, 11) is 0. The first-order chi connectivity index (χ1) is 7.74. The smallest absolute Gasteiger partial charge is 0.123 e. The molecular weight excluding hydrogens is 201 g/mol. The molecular formula is C14H18FN. The van der Waals surface area contributed by atoms with Crippen LogP contribution in [0, 0.1) is 11.7 Å². The lowest BCUT2D eigenvalue weighted by atomic mass is 9.94. The Morgan fingerprint density at radius 2 is 2.31 bits per heavy atom. The molecule has 1 aromatic rings. The van der Waals surface area contributed by atoms with Gasteiger partial charge in [0.25, 0.3) is 0 Å². The Labute approximate surface area is 96.4 Å². The van der Waals surface area contributed by atoms with Crippen molar-refractivity contribution in [2.75, 3.05) is 6.54 Å². The fourth-order valence-corrected chi connectivity index (χ4v) is 2.13. The Kier molecular flexibility index (Phi) is 3.73. The van der Waals surface area contributed by atoms with Crippen LogP contribution in [0.25, 0.3) is 6.08 Å². The van der Waals surface area contributed by atoms with Crippen LogP contribution in [0.4, 0.5) is 4.39 Å². The maximum Gasteiger partial charge on any atom is 0.123 e. The highest BCUT2D eigenvalue weighted by Crippen LogP contribution is 2.16. The molecule has 0 spiro atoms. The predicted octanol–water partition coefficient (Wildman–Crippen LogP) is 3.23. The van der Waals surface area contributed by atoms with Crippen LogP contribution in [0.5, 0.6) is 0 Å². The molecule has 2 rings (SSSR count). The van der Waals surface area contributed by atoms with Crippen molar-refractivity contribution in [3.8, 4) is 0 Å². The van der Waals surface area contributed by atoms with Crippen LogP contribution in [-0.4, -0.2) is 12.6 Å². The van der Waals surface area contributed by atoms with Crippen molar-refractivity contribution < 1.29 is 4.39 Å². The monoisotopic (exact) mass is 219 g/mol. The molecule has 0 saturated carbocycles. The molecule has 1 heterocycles. The number of hydrogen-bond acceptors (Lipinski definition) is 1. The minimum Gasteiger partial charge on any atom is -0.310 e. The van der Waals surface area contributed by atoms with E-state index in [1.807, 2.05) is 12.1 Å². The van der Waals surface area contributed by atoms with Gasteiger partial charge in [0.15, 0.2) is 0 Å². The average Bonchev–Trinajstić information content (AvgIpc) is 2.27. The minimum atomic E-state index is -0.174. The van der Waals surface area contributed by atoms with E-state index in [2.05, 4.69) is 18.3 Å². The lowest BCUT2D eigenvalue weighted by Crippen LogP contribution is -2.35. The van der Waals surface area contributed by atoms with E-state index in [1.165, 1.54) is 18.9 Å². The summed E-state index contributed by atoms with van der Waals surface area (Å²) in [4.78, 5) is 0. The molecule has 2 heteroatoms. The third kappa shape index (κ3) is 3.17. The normalized spacial score (nSPS) is 26.1. The number of halogens is 1. The van der Waals surface area contributed by atoms with Crippen LogP contribution in [0.15, 0.2) is 30.3 Å². The van der Waals surface area contributed by atoms with E-state index in [1.54, 1.807) is 12.1 Å². The van der Waals surface area contributed by atoms with Gasteiger partial charge in [0.2, 0.25) is 0 Å². The van der Waals surface area contributed by atoms with E-state index in [9.17, 15) is 4.39 Å².